The van der Waals surface area contributed by atoms with Crippen molar-refractivity contribution in [3.63, 3.8) is 0 Å². The third-order valence-electron chi connectivity index (χ3n) is 3.90. The molecule has 0 fully saturated rings. The smallest absolute Gasteiger partial charge is 0.243 e. The molecule has 2 aromatic rings. The van der Waals surface area contributed by atoms with Gasteiger partial charge in [0, 0.05) is 18.8 Å². The predicted molar refractivity (Wildman–Crippen MR) is 106 cm³/mol. The molecule has 0 aromatic heterocycles. The van der Waals surface area contributed by atoms with Gasteiger partial charge < -0.3 is 15.0 Å². The Labute approximate surface area is 164 Å². The van der Waals surface area contributed by atoms with Gasteiger partial charge in [0.1, 0.15) is 5.75 Å². The predicted octanol–water partition coefficient (Wildman–Crippen LogP) is 1.38. The van der Waals surface area contributed by atoms with E-state index in [1.807, 2.05) is 6.92 Å². The topological polar surface area (TPSA) is 105 Å². The molecule has 2 N–H and O–H groups in total. The third-order valence-corrected chi connectivity index (χ3v) is 5.32. The van der Waals surface area contributed by atoms with Crippen molar-refractivity contribution in [1.29, 1.82) is 0 Å². The Kier molecular flexibility index (Phi) is 7.13. The normalized spacial score (nSPS) is 11.0. The lowest BCUT2D eigenvalue weighted by molar-refractivity contribution is -0.132. The van der Waals surface area contributed by atoms with Crippen molar-refractivity contribution in [2.24, 2.45) is 0 Å². The number of methoxy groups -OCH3 is 1. The van der Waals surface area contributed by atoms with Gasteiger partial charge >= 0.3 is 0 Å². The Balaban J connectivity index is 1.88. The average molecular weight is 405 g/mol. The number of hydrogen-bond acceptors (Lipinski definition) is 5. The quantitative estimate of drug-likeness (QED) is 0.690. The summed E-state index contributed by atoms with van der Waals surface area (Å²) in [6.07, 6.45) is 0. The minimum Gasteiger partial charge on any atom is -0.497 e. The molecule has 0 aliphatic heterocycles. The Morgan fingerprint density at radius 3 is 2.43 bits per heavy atom. The summed E-state index contributed by atoms with van der Waals surface area (Å²) in [5, 5.41) is 2.65. The summed E-state index contributed by atoms with van der Waals surface area (Å²) in [4.78, 5) is 25.5. The van der Waals surface area contributed by atoms with Crippen molar-refractivity contribution in [3.8, 4) is 5.75 Å². The highest BCUT2D eigenvalue weighted by molar-refractivity contribution is 7.89. The number of nitrogens with one attached hydrogen (secondary N) is 2. The molecule has 0 aliphatic carbocycles. The van der Waals surface area contributed by atoms with E-state index in [0.717, 1.165) is 10.5 Å². The summed E-state index contributed by atoms with van der Waals surface area (Å²) >= 11 is 0. The van der Waals surface area contributed by atoms with Crippen LogP contribution in [-0.2, 0) is 19.6 Å². The van der Waals surface area contributed by atoms with Crippen molar-refractivity contribution < 1.29 is 22.7 Å². The fourth-order valence-electron chi connectivity index (χ4n) is 2.30. The molecule has 28 heavy (non-hydrogen) atoms. The van der Waals surface area contributed by atoms with Crippen LogP contribution in [0.4, 0.5) is 5.69 Å². The molecule has 2 rings (SSSR count). The van der Waals surface area contributed by atoms with Crippen LogP contribution in [-0.4, -0.2) is 52.4 Å². The molecular weight excluding hydrogens is 382 g/mol. The number of carbonyl (C=O) groups excluding carboxylic acids is 2. The molecule has 2 amide bonds. The van der Waals surface area contributed by atoms with Crippen LogP contribution in [0.5, 0.6) is 5.75 Å². The maximum absolute atomic E-state index is 12.2. The van der Waals surface area contributed by atoms with E-state index in [0.29, 0.717) is 11.4 Å². The Morgan fingerprint density at radius 1 is 1.11 bits per heavy atom. The molecule has 0 bridgehead atoms. The molecule has 2 aromatic carbocycles. The van der Waals surface area contributed by atoms with Gasteiger partial charge in [0.05, 0.1) is 25.1 Å². The lowest BCUT2D eigenvalue weighted by atomic mass is 10.2. The zero-order chi connectivity index (χ0) is 20.7. The third kappa shape index (κ3) is 6.07. The summed E-state index contributed by atoms with van der Waals surface area (Å²) in [7, 11) is -0.859. The molecular formula is C19H23N3O5S. The van der Waals surface area contributed by atoms with E-state index in [-0.39, 0.29) is 11.4 Å². The van der Waals surface area contributed by atoms with Crippen molar-refractivity contribution in [2.45, 2.75) is 11.8 Å². The Bertz CT molecular complexity index is 942. The van der Waals surface area contributed by atoms with Crippen molar-refractivity contribution >= 4 is 27.5 Å². The molecule has 9 heteroatoms. The molecule has 0 saturated heterocycles. The van der Waals surface area contributed by atoms with Crippen LogP contribution >= 0.6 is 0 Å². The van der Waals surface area contributed by atoms with Gasteiger partial charge in [-0.25, -0.2) is 13.1 Å². The average Bonchev–Trinajstić information content (AvgIpc) is 2.66. The van der Waals surface area contributed by atoms with E-state index in [9.17, 15) is 18.0 Å². The first kappa shape index (κ1) is 21.4. The van der Waals surface area contributed by atoms with E-state index in [2.05, 4.69) is 10.0 Å². The standard InChI is InChI=1S/C19H23N3O5S/c1-14-7-9-17(10-8-14)28(25,26)20-12-19(24)22(2)13-18(23)21-15-5-4-6-16(11-15)27-3/h4-11,20H,12-13H2,1-3H3,(H,21,23). The fourth-order valence-corrected chi connectivity index (χ4v) is 3.27. The highest BCUT2D eigenvalue weighted by Gasteiger charge is 2.18. The zero-order valence-electron chi connectivity index (χ0n) is 15.9. The molecule has 0 radical (unpaired) electrons. The minimum atomic E-state index is -3.80. The van der Waals surface area contributed by atoms with Crippen LogP contribution in [0.2, 0.25) is 0 Å². The molecule has 0 unspecified atom stereocenters. The van der Waals surface area contributed by atoms with Gasteiger partial charge in [0.2, 0.25) is 21.8 Å². The second kappa shape index (κ2) is 9.34. The van der Waals surface area contributed by atoms with Crippen molar-refractivity contribution in [2.75, 3.05) is 32.6 Å². The van der Waals surface area contributed by atoms with Gasteiger partial charge in [0.15, 0.2) is 0 Å². The highest BCUT2D eigenvalue weighted by Crippen LogP contribution is 2.16. The number of nitrogens with zero attached hydrogens (tertiary/aromatic N) is 1. The number of sulfonamides is 1. The molecule has 150 valence electrons. The van der Waals surface area contributed by atoms with E-state index >= 15 is 0 Å². The summed E-state index contributed by atoms with van der Waals surface area (Å²) in [5.74, 6) is -0.352. The van der Waals surface area contributed by atoms with Gasteiger partial charge in [-0.1, -0.05) is 23.8 Å². The summed E-state index contributed by atoms with van der Waals surface area (Å²) in [6.45, 7) is 1.18. The van der Waals surface area contributed by atoms with Gasteiger partial charge in [-0.05, 0) is 31.2 Å². The minimum absolute atomic E-state index is 0.0734. The van der Waals surface area contributed by atoms with E-state index in [1.54, 1.807) is 36.4 Å². The molecule has 8 nitrogen and oxygen atoms in total. The number of aryl methyl sites for hydroxylation is 1. The van der Waals surface area contributed by atoms with E-state index in [1.165, 1.54) is 26.3 Å². The molecule has 0 heterocycles. The molecule has 0 saturated carbocycles. The van der Waals surface area contributed by atoms with Crippen molar-refractivity contribution in [1.82, 2.24) is 9.62 Å². The number of benzene rings is 2. The summed E-state index contributed by atoms with van der Waals surface area (Å²) in [5.41, 5.74) is 1.46. The van der Waals surface area contributed by atoms with Crippen LogP contribution in [0, 0.1) is 6.92 Å². The first-order valence-electron chi connectivity index (χ1n) is 8.45. The molecule has 0 atom stereocenters. The lowest BCUT2D eigenvalue weighted by Gasteiger charge is -2.17. The van der Waals surface area contributed by atoms with Gasteiger partial charge in [-0.2, -0.15) is 0 Å². The maximum atomic E-state index is 12.2. The number of likely N-dealkylation sites (N-methyl/N-ethyl adjacent to an activating group) is 1. The summed E-state index contributed by atoms with van der Waals surface area (Å²) in [6, 6.07) is 13.1. The van der Waals surface area contributed by atoms with Crippen molar-refractivity contribution in [3.05, 3.63) is 54.1 Å². The first-order valence-corrected chi connectivity index (χ1v) is 9.94. The van der Waals surface area contributed by atoms with Crippen LogP contribution in [0.3, 0.4) is 0 Å². The molecule has 0 aliphatic rings. The van der Waals surface area contributed by atoms with Crippen LogP contribution in [0.15, 0.2) is 53.4 Å². The first-order chi connectivity index (χ1) is 13.2. The van der Waals surface area contributed by atoms with E-state index < -0.39 is 28.4 Å². The second-order valence-electron chi connectivity index (χ2n) is 6.17. The van der Waals surface area contributed by atoms with Crippen LogP contribution < -0.4 is 14.8 Å². The number of hydrogen-bond donors (Lipinski definition) is 2. The van der Waals surface area contributed by atoms with Gasteiger partial charge in [-0.3, -0.25) is 9.59 Å². The number of anilines is 1. The number of rotatable bonds is 8. The van der Waals surface area contributed by atoms with Gasteiger partial charge in [-0.15, -0.1) is 0 Å². The van der Waals surface area contributed by atoms with E-state index in [4.69, 9.17) is 4.74 Å². The lowest BCUT2D eigenvalue weighted by Crippen LogP contribution is -2.41. The number of ether oxygens (including phenoxy) is 1. The van der Waals surface area contributed by atoms with Crippen LogP contribution in [0.25, 0.3) is 0 Å². The SMILES string of the molecule is COc1cccc(NC(=O)CN(C)C(=O)CNS(=O)(=O)c2ccc(C)cc2)c1. The van der Waals surface area contributed by atoms with Gasteiger partial charge in [0.25, 0.3) is 0 Å². The Hall–Kier alpha value is -2.91. The summed E-state index contributed by atoms with van der Waals surface area (Å²) < 4.78 is 31.8. The highest BCUT2D eigenvalue weighted by atomic mass is 32.2. The Morgan fingerprint density at radius 2 is 1.79 bits per heavy atom. The monoisotopic (exact) mass is 405 g/mol. The number of amides is 2. The number of carbonyl (C=O) groups is 2. The molecule has 0 spiro atoms. The second-order valence-corrected chi connectivity index (χ2v) is 7.93. The largest absolute Gasteiger partial charge is 0.497 e. The fraction of sp³-hybridized carbons (Fsp3) is 0.263. The van der Waals surface area contributed by atoms with Crippen LogP contribution in [0.1, 0.15) is 5.56 Å². The zero-order valence-corrected chi connectivity index (χ0v) is 16.7. The maximum Gasteiger partial charge on any atom is 0.243 e.